The fraction of sp³-hybridized carbons (Fsp3) is 0.304. The smallest absolute Gasteiger partial charge is 0.266 e. The third-order valence-corrected chi connectivity index (χ3v) is 5.87. The van der Waals surface area contributed by atoms with Gasteiger partial charge in [0, 0.05) is 23.8 Å². The van der Waals surface area contributed by atoms with E-state index >= 15 is 0 Å². The van der Waals surface area contributed by atoms with Gasteiger partial charge in [0.2, 0.25) is 0 Å². The Kier molecular flexibility index (Phi) is 5.68. The maximum Gasteiger partial charge on any atom is 0.266 e. The molecule has 6 heteroatoms. The maximum atomic E-state index is 14.8. The maximum absolute atomic E-state index is 14.8. The van der Waals surface area contributed by atoms with Gasteiger partial charge in [-0.3, -0.25) is 4.79 Å². The van der Waals surface area contributed by atoms with Crippen molar-refractivity contribution in [1.82, 2.24) is 0 Å². The Bertz CT molecular complexity index is 1040. The van der Waals surface area contributed by atoms with Gasteiger partial charge in [-0.25, -0.2) is 4.39 Å². The standard InChI is InChI=1S/C23H23ClFN3O/c1-14-12-23(2,3)28(4)21-11-19(25)15(10-17(14)21)9-16(13-26)22(29)27-20-8-6-5-7-18(20)24/h5-11,14H,12H2,1-4H3,(H,27,29)/b16-9+. The number of carbonyl (C=O) groups excluding carboxylic acids is 1. The Labute approximate surface area is 175 Å². The van der Waals surface area contributed by atoms with E-state index in [-0.39, 0.29) is 22.6 Å². The molecule has 1 heterocycles. The molecule has 0 saturated carbocycles. The van der Waals surface area contributed by atoms with E-state index in [1.165, 1.54) is 12.1 Å². The van der Waals surface area contributed by atoms with Crippen molar-refractivity contribution in [3.05, 3.63) is 63.9 Å². The molecule has 2 aromatic carbocycles. The Hall–Kier alpha value is -2.84. The van der Waals surface area contributed by atoms with Crippen LogP contribution in [0.1, 0.15) is 44.2 Å². The second kappa shape index (κ2) is 7.88. The summed E-state index contributed by atoms with van der Waals surface area (Å²) in [7, 11) is 1.96. The van der Waals surface area contributed by atoms with Crippen LogP contribution < -0.4 is 10.2 Å². The summed E-state index contributed by atoms with van der Waals surface area (Å²) in [6.07, 6.45) is 2.21. The molecule has 0 bridgehead atoms. The van der Waals surface area contributed by atoms with Gasteiger partial charge in [0.1, 0.15) is 17.5 Å². The fourth-order valence-electron chi connectivity index (χ4n) is 3.77. The van der Waals surface area contributed by atoms with Gasteiger partial charge in [-0.15, -0.1) is 0 Å². The number of nitriles is 1. The van der Waals surface area contributed by atoms with Gasteiger partial charge in [0.15, 0.2) is 0 Å². The van der Waals surface area contributed by atoms with E-state index in [9.17, 15) is 14.4 Å². The molecule has 1 atom stereocenters. The van der Waals surface area contributed by atoms with Crippen LogP contribution in [0.15, 0.2) is 42.0 Å². The number of rotatable bonds is 3. The predicted octanol–water partition coefficient (Wildman–Crippen LogP) is 5.75. The summed E-state index contributed by atoms with van der Waals surface area (Å²) in [5.41, 5.74) is 2.17. The number of carbonyl (C=O) groups is 1. The van der Waals surface area contributed by atoms with Gasteiger partial charge in [-0.2, -0.15) is 5.26 Å². The molecule has 0 aliphatic carbocycles. The molecule has 0 spiro atoms. The molecule has 0 radical (unpaired) electrons. The van der Waals surface area contributed by atoms with Crippen molar-refractivity contribution >= 4 is 35.0 Å². The molecule has 29 heavy (non-hydrogen) atoms. The number of hydrogen-bond acceptors (Lipinski definition) is 3. The zero-order valence-electron chi connectivity index (χ0n) is 16.9. The largest absolute Gasteiger partial charge is 0.369 e. The number of benzene rings is 2. The highest BCUT2D eigenvalue weighted by Gasteiger charge is 2.34. The molecule has 0 saturated heterocycles. The van der Waals surface area contributed by atoms with Gasteiger partial charge >= 0.3 is 0 Å². The van der Waals surface area contributed by atoms with Crippen molar-refractivity contribution in [3.8, 4) is 6.07 Å². The van der Waals surface area contributed by atoms with E-state index in [0.717, 1.165) is 17.7 Å². The summed E-state index contributed by atoms with van der Waals surface area (Å²) >= 11 is 6.05. The predicted molar refractivity (Wildman–Crippen MR) is 116 cm³/mol. The first kappa shape index (κ1) is 20.9. The number of para-hydroxylation sites is 1. The Morgan fingerprint density at radius 1 is 1.38 bits per heavy atom. The molecule has 1 amide bonds. The lowest BCUT2D eigenvalue weighted by molar-refractivity contribution is -0.112. The van der Waals surface area contributed by atoms with Crippen LogP contribution in [0.3, 0.4) is 0 Å². The second-order valence-corrected chi connectivity index (χ2v) is 8.42. The summed E-state index contributed by atoms with van der Waals surface area (Å²) in [5.74, 6) is -0.880. The van der Waals surface area contributed by atoms with Crippen LogP contribution in [-0.2, 0) is 4.79 Å². The summed E-state index contributed by atoms with van der Waals surface area (Å²) in [6, 6.07) is 11.8. The number of fused-ring (bicyclic) bond motifs is 1. The lowest BCUT2D eigenvalue weighted by Gasteiger charge is -2.45. The Morgan fingerprint density at radius 3 is 2.72 bits per heavy atom. The minimum absolute atomic E-state index is 0.0805. The van der Waals surface area contributed by atoms with Crippen molar-refractivity contribution in [3.63, 3.8) is 0 Å². The molecule has 150 valence electrons. The average Bonchev–Trinajstić information content (AvgIpc) is 2.66. The minimum Gasteiger partial charge on any atom is -0.369 e. The van der Waals surface area contributed by atoms with Crippen molar-refractivity contribution in [2.75, 3.05) is 17.3 Å². The van der Waals surface area contributed by atoms with Crippen molar-refractivity contribution in [1.29, 1.82) is 5.26 Å². The monoisotopic (exact) mass is 411 g/mol. The lowest BCUT2D eigenvalue weighted by Crippen LogP contribution is -2.45. The number of hydrogen-bond donors (Lipinski definition) is 1. The summed E-state index contributed by atoms with van der Waals surface area (Å²) in [6.45, 7) is 6.37. The first-order chi connectivity index (χ1) is 13.6. The van der Waals surface area contributed by atoms with Crippen LogP contribution in [0.25, 0.3) is 6.08 Å². The SMILES string of the molecule is CC1CC(C)(C)N(C)c2cc(F)c(/C=C(\C#N)C(=O)Nc3ccccc3Cl)cc21. The van der Waals surface area contributed by atoms with Crippen LogP contribution in [-0.4, -0.2) is 18.5 Å². The van der Waals surface area contributed by atoms with Crippen molar-refractivity contribution in [2.45, 2.75) is 38.6 Å². The highest BCUT2D eigenvalue weighted by molar-refractivity contribution is 6.34. The van der Waals surface area contributed by atoms with Crippen LogP contribution in [0.5, 0.6) is 0 Å². The zero-order chi connectivity index (χ0) is 21.3. The highest BCUT2D eigenvalue weighted by Crippen LogP contribution is 2.43. The molecular formula is C23H23ClFN3O. The van der Waals surface area contributed by atoms with Gasteiger partial charge in [0.05, 0.1) is 10.7 Å². The van der Waals surface area contributed by atoms with E-state index in [2.05, 4.69) is 31.0 Å². The number of anilines is 2. The van der Waals surface area contributed by atoms with Gasteiger partial charge < -0.3 is 10.2 Å². The minimum atomic E-state index is -0.635. The van der Waals surface area contributed by atoms with E-state index < -0.39 is 11.7 Å². The summed E-state index contributed by atoms with van der Waals surface area (Å²) < 4.78 is 14.8. The first-order valence-electron chi connectivity index (χ1n) is 9.39. The Balaban J connectivity index is 1.97. The topological polar surface area (TPSA) is 56.1 Å². The molecule has 1 aliphatic rings. The molecule has 1 aliphatic heterocycles. The van der Waals surface area contributed by atoms with Crippen LogP contribution in [0.4, 0.5) is 15.8 Å². The quantitative estimate of drug-likeness (QED) is 0.517. The summed E-state index contributed by atoms with van der Waals surface area (Å²) in [5, 5.41) is 12.4. The van der Waals surface area contributed by atoms with E-state index in [4.69, 9.17) is 11.6 Å². The fourth-order valence-corrected chi connectivity index (χ4v) is 3.95. The average molecular weight is 412 g/mol. The van der Waals surface area contributed by atoms with Crippen molar-refractivity contribution < 1.29 is 9.18 Å². The normalized spacial score (nSPS) is 18.0. The van der Waals surface area contributed by atoms with Gasteiger partial charge in [-0.1, -0.05) is 30.7 Å². The molecule has 4 nitrogen and oxygen atoms in total. The first-order valence-corrected chi connectivity index (χ1v) is 9.77. The molecule has 1 N–H and O–H groups in total. The molecule has 1 unspecified atom stereocenters. The molecule has 2 aromatic rings. The number of amides is 1. The highest BCUT2D eigenvalue weighted by atomic mass is 35.5. The van der Waals surface area contributed by atoms with Gasteiger partial charge in [-0.05, 0) is 62.1 Å². The molecule has 0 fully saturated rings. The van der Waals surface area contributed by atoms with Crippen molar-refractivity contribution in [2.24, 2.45) is 0 Å². The third kappa shape index (κ3) is 4.13. The molecular weight excluding hydrogens is 389 g/mol. The molecule has 0 aromatic heterocycles. The number of nitrogens with one attached hydrogen (secondary N) is 1. The number of nitrogens with zero attached hydrogens (tertiary/aromatic N) is 2. The van der Waals surface area contributed by atoms with E-state index in [1.807, 2.05) is 13.1 Å². The van der Waals surface area contributed by atoms with Gasteiger partial charge in [0.25, 0.3) is 5.91 Å². The van der Waals surface area contributed by atoms with Crippen LogP contribution >= 0.6 is 11.6 Å². The van der Waals surface area contributed by atoms with Crippen LogP contribution in [0.2, 0.25) is 5.02 Å². The lowest BCUT2D eigenvalue weighted by atomic mass is 9.80. The van der Waals surface area contributed by atoms with E-state index in [1.54, 1.807) is 30.3 Å². The zero-order valence-corrected chi connectivity index (χ0v) is 17.6. The van der Waals surface area contributed by atoms with Crippen LogP contribution in [0, 0.1) is 17.1 Å². The van der Waals surface area contributed by atoms with E-state index in [0.29, 0.717) is 10.7 Å². The Morgan fingerprint density at radius 2 is 2.07 bits per heavy atom. The second-order valence-electron chi connectivity index (χ2n) is 8.01. The third-order valence-electron chi connectivity index (χ3n) is 5.54. The molecule has 3 rings (SSSR count). The summed E-state index contributed by atoms with van der Waals surface area (Å²) in [4.78, 5) is 14.6. The number of halogens is 2.